The van der Waals surface area contributed by atoms with Crippen LogP contribution in [0.1, 0.15) is 18.1 Å². The van der Waals surface area contributed by atoms with Crippen LogP contribution in [-0.2, 0) is 11.2 Å². The first-order valence-corrected chi connectivity index (χ1v) is 9.31. The Morgan fingerprint density at radius 3 is 2.93 bits per heavy atom. The maximum Gasteiger partial charge on any atom is 0.230 e. The molecule has 3 heterocycles. The molecule has 1 amide bonds. The number of carbonyl (C=O) groups excluding carboxylic acids is 1. The van der Waals surface area contributed by atoms with E-state index >= 15 is 0 Å². The van der Waals surface area contributed by atoms with Gasteiger partial charge in [0.2, 0.25) is 5.91 Å². The van der Waals surface area contributed by atoms with Gasteiger partial charge in [0.25, 0.3) is 0 Å². The number of piperidine rings is 1. The predicted octanol–water partition coefficient (Wildman–Crippen LogP) is 2.29. The largest absolute Gasteiger partial charge is 0.441 e. The van der Waals surface area contributed by atoms with Crippen molar-refractivity contribution in [2.75, 3.05) is 20.1 Å². The second-order valence-electron chi connectivity index (χ2n) is 7.02. The van der Waals surface area contributed by atoms with Gasteiger partial charge in [0.05, 0.1) is 24.7 Å². The Balaban J connectivity index is 1.51. The molecular weight excluding hydrogens is 361 g/mol. The third-order valence-corrected chi connectivity index (χ3v) is 5.11. The molecule has 1 aliphatic rings. The molecule has 0 spiro atoms. The van der Waals surface area contributed by atoms with E-state index in [1.54, 1.807) is 31.3 Å². The molecule has 1 aromatic carbocycles. The molecule has 0 aliphatic carbocycles. The lowest BCUT2D eigenvalue weighted by atomic mass is 10.0. The smallest absolute Gasteiger partial charge is 0.230 e. The number of oxazole rings is 1. The van der Waals surface area contributed by atoms with Crippen molar-refractivity contribution in [2.45, 2.75) is 32.0 Å². The standard InChI is InChI=1S/C20H22FN5O2/c1-12-23-10-18(28-12)13-3-4-14-9-24-19(25-17(14)7-13)8-20(27)26-6-5-16(22-2)15(21)11-26/h3-4,7,9-10,15-16,22H,5-6,8,11H2,1-2H3/t15-,16-/m0/s1. The number of aryl methyl sites for hydroxylation is 1. The molecule has 4 rings (SSSR count). The lowest BCUT2D eigenvalue weighted by Gasteiger charge is -2.34. The normalized spacial score (nSPS) is 19.9. The minimum atomic E-state index is -1.06. The molecule has 0 unspecified atom stereocenters. The minimum Gasteiger partial charge on any atom is -0.441 e. The summed E-state index contributed by atoms with van der Waals surface area (Å²) < 4.78 is 19.7. The van der Waals surface area contributed by atoms with Crippen LogP contribution < -0.4 is 5.32 Å². The van der Waals surface area contributed by atoms with E-state index < -0.39 is 6.17 Å². The molecule has 7 nitrogen and oxygen atoms in total. The Bertz CT molecular complexity index is 1010. The van der Waals surface area contributed by atoms with Gasteiger partial charge in [-0.05, 0) is 19.5 Å². The molecule has 1 aliphatic heterocycles. The lowest BCUT2D eigenvalue weighted by Crippen LogP contribution is -2.51. The fourth-order valence-corrected chi connectivity index (χ4v) is 3.50. The first-order valence-electron chi connectivity index (χ1n) is 9.31. The van der Waals surface area contributed by atoms with Crippen molar-refractivity contribution in [1.29, 1.82) is 0 Å². The molecular formula is C20H22FN5O2. The Morgan fingerprint density at radius 1 is 1.36 bits per heavy atom. The van der Waals surface area contributed by atoms with Crippen LogP contribution in [-0.4, -0.2) is 58.1 Å². The van der Waals surface area contributed by atoms with E-state index in [9.17, 15) is 9.18 Å². The molecule has 3 aromatic rings. The summed E-state index contributed by atoms with van der Waals surface area (Å²) in [5.41, 5.74) is 1.58. The van der Waals surface area contributed by atoms with Crippen LogP contribution in [0.2, 0.25) is 0 Å². The van der Waals surface area contributed by atoms with Crippen LogP contribution in [0.4, 0.5) is 4.39 Å². The van der Waals surface area contributed by atoms with Gasteiger partial charge in [-0.15, -0.1) is 0 Å². The van der Waals surface area contributed by atoms with Crippen molar-refractivity contribution >= 4 is 16.8 Å². The number of hydrogen-bond acceptors (Lipinski definition) is 6. The Kier molecular flexibility index (Phi) is 5.04. The van der Waals surface area contributed by atoms with E-state index in [-0.39, 0.29) is 24.9 Å². The van der Waals surface area contributed by atoms with Crippen LogP contribution in [0.5, 0.6) is 0 Å². The number of alkyl halides is 1. The van der Waals surface area contributed by atoms with Crippen molar-refractivity contribution in [3.8, 4) is 11.3 Å². The quantitative estimate of drug-likeness (QED) is 0.744. The van der Waals surface area contributed by atoms with Crippen molar-refractivity contribution < 1.29 is 13.6 Å². The fourth-order valence-electron chi connectivity index (χ4n) is 3.50. The molecule has 8 heteroatoms. The fraction of sp³-hybridized carbons (Fsp3) is 0.400. The molecule has 0 radical (unpaired) electrons. The first kappa shape index (κ1) is 18.5. The third kappa shape index (κ3) is 3.73. The average molecular weight is 383 g/mol. The second kappa shape index (κ2) is 7.63. The summed E-state index contributed by atoms with van der Waals surface area (Å²) in [5, 5.41) is 3.82. The van der Waals surface area contributed by atoms with Crippen LogP contribution in [0.15, 0.2) is 35.0 Å². The summed E-state index contributed by atoms with van der Waals surface area (Å²) in [5.74, 6) is 1.53. The van der Waals surface area contributed by atoms with Crippen LogP contribution >= 0.6 is 0 Å². The molecule has 0 saturated carbocycles. The molecule has 28 heavy (non-hydrogen) atoms. The SMILES string of the molecule is CN[C@H]1CCN(C(=O)Cc2ncc3ccc(-c4cnc(C)o4)cc3n2)C[C@@H]1F. The lowest BCUT2D eigenvalue weighted by molar-refractivity contribution is -0.133. The average Bonchev–Trinajstić information content (AvgIpc) is 3.13. The van der Waals surface area contributed by atoms with E-state index in [2.05, 4.69) is 20.3 Å². The summed E-state index contributed by atoms with van der Waals surface area (Å²) in [6, 6.07) is 5.52. The van der Waals surface area contributed by atoms with E-state index in [4.69, 9.17) is 4.42 Å². The van der Waals surface area contributed by atoms with E-state index in [0.717, 1.165) is 16.5 Å². The number of nitrogens with one attached hydrogen (secondary N) is 1. The number of amides is 1. The van der Waals surface area contributed by atoms with E-state index in [1.807, 2.05) is 18.2 Å². The highest BCUT2D eigenvalue weighted by atomic mass is 19.1. The van der Waals surface area contributed by atoms with E-state index in [1.165, 1.54) is 0 Å². The molecule has 0 bridgehead atoms. The van der Waals surface area contributed by atoms with E-state index in [0.29, 0.717) is 30.4 Å². The van der Waals surface area contributed by atoms with Gasteiger partial charge < -0.3 is 14.6 Å². The highest BCUT2D eigenvalue weighted by Crippen LogP contribution is 2.24. The minimum absolute atomic E-state index is 0.0541. The summed E-state index contributed by atoms with van der Waals surface area (Å²) in [6.07, 6.45) is 2.96. The van der Waals surface area contributed by atoms with Gasteiger partial charge in [0.1, 0.15) is 12.0 Å². The molecule has 1 N–H and O–H groups in total. The number of nitrogens with zero attached hydrogens (tertiary/aromatic N) is 4. The van der Waals surface area contributed by atoms with Gasteiger partial charge in [-0.1, -0.05) is 12.1 Å². The highest BCUT2D eigenvalue weighted by Gasteiger charge is 2.30. The Morgan fingerprint density at radius 2 is 2.21 bits per heavy atom. The molecule has 1 fully saturated rings. The number of rotatable bonds is 4. The summed E-state index contributed by atoms with van der Waals surface area (Å²) in [6.45, 7) is 2.43. The topological polar surface area (TPSA) is 84.2 Å². The van der Waals surface area contributed by atoms with Crippen molar-refractivity contribution in [1.82, 2.24) is 25.2 Å². The number of likely N-dealkylation sites (tertiary alicyclic amines) is 1. The van der Waals surface area contributed by atoms with Gasteiger partial charge in [0, 0.05) is 36.7 Å². The van der Waals surface area contributed by atoms with Crippen LogP contribution in [0.25, 0.3) is 22.2 Å². The summed E-state index contributed by atoms with van der Waals surface area (Å²) >= 11 is 0. The number of aromatic nitrogens is 3. The highest BCUT2D eigenvalue weighted by molar-refractivity contribution is 5.83. The summed E-state index contributed by atoms with van der Waals surface area (Å²) in [7, 11) is 1.74. The Labute approximate surface area is 162 Å². The van der Waals surface area contributed by atoms with Gasteiger partial charge >= 0.3 is 0 Å². The number of halogens is 1. The second-order valence-corrected chi connectivity index (χ2v) is 7.02. The van der Waals surface area contributed by atoms with Crippen LogP contribution in [0, 0.1) is 6.92 Å². The zero-order valence-corrected chi connectivity index (χ0v) is 15.9. The van der Waals surface area contributed by atoms with Crippen molar-refractivity contribution in [3.63, 3.8) is 0 Å². The zero-order valence-electron chi connectivity index (χ0n) is 15.9. The monoisotopic (exact) mass is 383 g/mol. The third-order valence-electron chi connectivity index (χ3n) is 5.11. The van der Waals surface area contributed by atoms with Gasteiger partial charge in [-0.2, -0.15) is 0 Å². The first-order chi connectivity index (χ1) is 13.5. The van der Waals surface area contributed by atoms with Gasteiger partial charge in [0.15, 0.2) is 11.7 Å². The van der Waals surface area contributed by atoms with Gasteiger partial charge in [-0.25, -0.2) is 19.3 Å². The van der Waals surface area contributed by atoms with Crippen molar-refractivity contribution in [2.24, 2.45) is 0 Å². The predicted molar refractivity (Wildman–Crippen MR) is 102 cm³/mol. The number of hydrogen-bond donors (Lipinski definition) is 1. The number of benzene rings is 1. The maximum atomic E-state index is 14.1. The zero-order chi connectivity index (χ0) is 19.7. The van der Waals surface area contributed by atoms with Gasteiger partial charge in [-0.3, -0.25) is 4.79 Å². The summed E-state index contributed by atoms with van der Waals surface area (Å²) in [4.78, 5) is 27.1. The van der Waals surface area contributed by atoms with Crippen molar-refractivity contribution in [3.05, 3.63) is 42.3 Å². The number of carbonyl (C=O) groups is 1. The Hall–Kier alpha value is -2.87. The molecule has 2 aromatic heterocycles. The number of fused-ring (bicyclic) bond motifs is 1. The maximum absolute atomic E-state index is 14.1. The molecule has 1 saturated heterocycles. The molecule has 146 valence electrons. The van der Waals surface area contributed by atoms with Crippen LogP contribution in [0.3, 0.4) is 0 Å². The molecule has 2 atom stereocenters.